The molecule has 0 bridgehead atoms. The van der Waals surface area contributed by atoms with Crippen molar-refractivity contribution < 1.29 is 4.42 Å². The van der Waals surface area contributed by atoms with Crippen molar-refractivity contribution >= 4 is 0 Å². The van der Waals surface area contributed by atoms with Crippen LogP contribution in [-0.4, -0.2) is 9.55 Å². The Hall–Kier alpha value is -1.84. The Morgan fingerprint density at radius 1 is 1.39 bits per heavy atom. The highest BCUT2D eigenvalue weighted by Crippen LogP contribution is 2.13. The molecule has 0 spiro atoms. The lowest BCUT2D eigenvalue weighted by molar-refractivity contribution is 0.494. The van der Waals surface area contributed by atoms with Crippen LogP contribution in [0.25, 0.3) is 5.88 Å². The number of hydrogen-bond acceptors (Lipinski definition) is 3. The Balaban J connectivity index is 2.53. The number of aromatic nitrogens is 2. The van der Waals surface area contributed by atoms with Crippen LogP contribution in [0.2, 0.25) is 0 Å². The van der Waals surface area contributed by atoms with Crippen LogP contribution < -0.4 is 5.56 Å². The van der Waals surface area contributed by atoms with Crippen LogP contribution in [0.1, 0.15) is 31.0 Å². The summed E-state index contributed by atoms with van der Waals surface area (Å²) in [7, 11) is 0. The number of hydrogen-bond donors (Lipinski definition) is 0. The van der Waals surface area contributed by atoms with Crippen molar-refractivity contribution in [1.82, 2.24) is 9.55 Å². The van der Waals surface area contributed by atoms with Gasteiger partial charge in [0.15, 0.2) is 5.89 Å². The molecule has 2 aromatic heterocycles. The van der Waals surface area contributed by atoms with Crippen LogP contribution in [0.4, 0.5) is 0 Å². The molecular weight excluding hydrogens is 228 g/mol. The summed E-state index contributed by atoms with van der Waals surface area (Å²) in [4.78, 5) is 16.5. The zero-order valence-electron chi connectivity index (χ0n) is 11.2. The second-order valence-corrected chi connectivity index (χ2v) is 4.93. The van der Waals surface area contributed by atoms with Gasteiger partial charge in [0.25, 0.3) is 5.56 Å². The summed E-state index contributed by atoms with van der Waals surface area (Å²) in [5.74, 6) is 1.54. The van der Waals surface area contributed by atoms with Gasteiger partial charge in [-0.3, -0.25) is 9.36 Å². The third kappa shape index (κ3) is 2.37. The molecule has 0 aliphatic heterocycles. The minimum Gasteiger partial charge on any atom is -0.424 e. The molecule has 0 saturated heterocycles. The van der Waals surface area contributed by atoms with Crippen molar-refractivity contribution in [3.05, 3.63) is 45.8 Å². The molecule has 96 valence electrons. The average molecular weight is 246 g/mol. The van der Waals surface area contributed by atoms with Gasteiger partial charge in [-0.2, -0.15) is 0 Å². The molecular formula is C14H18N2O2. The van der Waals surface area contributed by atoms with Crippen molar-refractivity contribution in [2.75, 3.05) is 0 Å². The Kier molecular flexibility index (Phi) is 3.36. The van der Waals surface area contributed by atoms with E-state index in [0.29, 0.717) is 17.7 Å². The van der Waals surface area contributed by atoms with Gasteiger partial charge in [0.1, 0.15) is 5.69 Å². The smallest absolute Gasteiger partial charge is 0.260 e. The van der Waals surface area contributed by atoms with Gasteiger partial charge in [0, 0.05) is 18.7 Å². The zero-order valence-corrected chi connectivity index (χ0v) is 11.2. The fourth-order valence-corrected chi connectivity index (χ4v) is 2.04. The van der Waals surface area contributed by atoms with Gasteiger partial charge in [-0.25, -0.2) is 4.98 Å². The normalized spacial score (nSPS) is 11.2. The molecule has 18 heavy (non-hydrogen) atoms. The molecule has 4 heteroatoms. The predicted molar refractivity (Wildman–Crippen MR) is 70.1 cm³/mol. The molecule has 0 N–H and O–H groups in total. The summed E-state index contributed by atoms with van der Waals surface area (Å²) in [5, 5.41) is 0. The van der Waals surface area contributed by atoms with Gasteiger partial charge in [-0.15, -0.1) is 0 Å². The van der Waals surface area contributed by atoms with Gasteiger partial charge in [0.05, 0.1) is 0 Å². The zero-order chi connectivity index (χ0) is 13.3. The maximum Gasteiger partial charge on any atom is 0.260 e. The highest BCUT2D eigenvalue weighted by atomic mass is 16.4. The molecule has 0 fully saturated rings. The number of nitrogens with zero attached hydrogens (tertiary/aromatic N) is 2. The van der Waals surface area contributed by atoms with Gasteiger partial charge < -0.3 is 4.42 Å². The first-order valence-electron chi connectivity index (χ1n) is 6.14. The molecule has 0 amide bonds. The van der Waals surface area contributed by atoms with E-state index < -0.39 is 0 Å². The van der Waals surface area contributed by atoms with Crippen molar-refractivity contribution in [3.8, 4) is 5.88 Å². The lowest BCUT2D eigenvalue weighted by Crippen LogP contribution is -2.22. The van der Waals surface area contributed by atoms with Crippen molar-refractivity contribution in [2.45, 2.75) is 34.1 Å². The molecule has 2 rings (SSSR count). The van der Waals surface area contributed by atoms with Gasteiger partial charge in [-0.1, -0.05) is 19.9 Å². The number of aryl methyl sites for hydroxylation is 2. The van der Waals surface area contributed by atoms with Gasteiger partial charge in [-0.05, 0) is 25.3 Å². The van der Waals surface area contributed by atoms with Crippen LogP contribution in [0, 0.1) is 19.8 Å². The van der Waals surface area contributed by atoms with E-state index >= 15 is 0 Å². The van der Waals surface area contributed by atoms with Crippen LogP contribution >= 0.6 is 0 Å². The SMILES string of the molecule is Cc1nc(C)c(-n2cccc(CC(C)C)c2=O)o1. The summed E-state index contributed by atoms with van der Waals surface area (Å²) in [5.41, 5.74) is 1.52. The largest absolute Gasteiger partial charge is 0.424 e. The minimum absolute atomic E-state index is 0.0227. The highest BCUT2D eigenvalue weighted by Gasteiger charge is 2.12. The molecule has 0 unspecified atom stereocenters. The monoisotopic (exact) mass is 246 g/mol. The maximum atomic E-state index is 12.3. The summed E-state index contributed by atoms with van der Waals surface area (Å²) in [6.07, 6.45) is 2.49. The quantitative estimate of drug-likeness (QED) is 0.836. The van der Waals surface area contributed by atoms with E-state index in [1.807, 2.05) is 19.1 Å². The third-order valence-electron chi connectivity index (χ3n) is 2.75. The second-order valence-electron chi connectivity index (χ2n) is 4.93. The Bertz CT molecular complexity index is 608. The van der Waals surface area contributed by atoms with Crippen LogP contribution in [0.5, 0.6) is 0 Å². The first kappa shape index (κ1) is 12.6. The molecule has 0 atom stereocenters. The molecule has 4 nitrogen and oxygen atoms in total. The summed E-state index contributed by atoms with van der Waals surface area (Å²) >= 11 is 0. The van der Waals surface area contributed by atoms with Crippen molar-refractivity contribution in [1.29, 1.82) is 0 Å². The van der Waals surface area contributed by atoms with E-state index in [1.54, 1.807) is 13.1 Å². The molecule has 0 aliphatic rings. The van der Waals surface area contributed by atoms with Gasteiger partial charge in [0.2, 0.25) is 5.88 Å². The van der Waals surface area contributed by atoms with Crippen LogP contribution in [0.3, 0.4) is 0 Å². The number of rotatable bonds is 3. The third-order valence-corrected chi connectivity index (χ3v) is 2.75. The summed E-state index contributed by atoms with van der Waals surface area (Å²) in [6.45, 7) is 7.81. The lowest BCUT2D eigenvalue weighted by Gasteiger charge is -2.07. The molecule has 0 radical (unpaired) electrons. The van der Waals surface area contributed by atoms with E-state index in [1.165, 1.54) is 4.57 Å². The topological polar surface area (TPSA) is 48.0 Å². The Morgan fingerprint density at radius 2 is 2.11 bits per heavy atom. The van der Waals surface area contributed by atoms with E-state index in [2.05, 4.69) is 18.8 Å². The fraction of sp³-hybridized carbons (Fsp3) is 0.429. The van der Waals surface area contributed by atoms with Crippen LogP contribution in [0.15, 0.2) is 27.5 Å². The average Bonchev–Trinajstić information content (AvgIpc) is 2.60. The molecule has 2 heterocycles. The Morgan fingerprint density at radius 3 is 2.67 bits per heavy atom. The van der Waals surface area contributed by atoms with E-state index in [0.717, 1.165) is 17.7 Å². The first-order valence-corrected chi connectivity index (χ1v) is 6.14. The Labute approximate surface area is 106 Å². The maximum absolute atomic E-state index is 12.3. The van der Waals surface area contributed by atoms with E-state index in [9.17, 15) is 4.79 Å². The predicted octanol–water partition coefficient (Wildman–Crippen LogP) is 2.64. The van der Waals surface area contributed by atoms with Crippen molar-refractivity contribution in [3.63, 3.8) is 0 Å². The minimum atomic E-state index is -0.0227. The first-order chi connectivity index (χ1) is 8.49. The molecule has 2 aromatic rings. The highest BCUT2D eigenvalue weighted by molar-refractivity contribution is 5.27. The standard InChI is InChI=1S/C14H18N2O2/c1-9(2)8-12-6-5-7-16(13(12)17)14-10(3)15-11(4)18-14/h5-7,9H,8H2,1-4H3. The van der Waals surface area contributed by atoms with Gasteiger partial charge >= 0.3 is 0 Å². The molecule has 0 aliphatic carbocycles. The second kappa shape index (κ2) is 4.80. The lowest BCUT2D eigenvalue weighted by atomic mass is 10.0. The number of pyridine rings is 1. The van der Waals surface area contributed by atoms with E-state index in [-0.39, 0.29) is 5.56 Å². The number of oxazole rings is 1. The summed E-state index contributed by atoms with van der Waals surface area (Å²) < 4.78 is 7.03. The molecule has 0 saturated carbocycles. The van der Waals surface area contributed by atoms with Crippen molar-refractivity contribution in [2.24, 2.45) is 5.92 Å². The summed E-state index contributed by atoms with van der Waals surface area (Å²) in [6, 6.07) is 3.74. The fourth-order valence-electron chi connectivity index (χ4n) is 2.04. The van der Waals surface area contributed by atoms with E-state index in [4.69, 9.17) is 4.42 Å². The molecule has 0 aromatic carbocycles. The van der Waals surface area contributed by atoms with Crippen LogP contribution in [-0.2, 0) is 6.42 Å².